The van der Waals surface area contributed by atoms with Crippen LogP contribution in [0.2, 0.25) is 0 Å². The smallest absolute Gasteiger partial charge is 0.311 e. The maximum Gasteiger partial charge on any atom is 0.311 e. The van der Waals surface area contributed by atoms with Crippen molar-refractivity contribution >= 4 is 17.9 Å². The minimum atomic E-state index is -0.774. The minimum absolute atomic E-state index is 0.113. The van der Waals surface area contributed by atoms with Crippen LogP contribution in [0.3, 0.4) is 0 Å². The molecule has 6 heteroatoms. The van der Waals surface area contributed by atoms with E-state index in [1.165, 1.54) is 0 Å². The summed E-state index contributed by atoms with van der Waals surface area (Å²) in [5, 5.41) is 0. The van der Waals surface area contributed by atoms with Gasteiger partial charge in [-0.2, -0.15) is 0 Å². The molecule has 0 aliphatic rings. The zero-order valence-corrected chi connectivity index (χ0v) is 13.6. The fourth-order valence-electron chi connectivity index (χ4n) is 1.18. The lowest BCUT2D eigenvalue weighted by Gasteiger charge is -2.23. The Kier molecular flexibility index (Phi) is 8.66. The van der Waals surface area contributed by atoms with Crippen LogP contribution in [0.1, 0.15) is 53.9 Å². The van der Waals surface area contributed by atoms with E-state index in [2.05, 4.69) is 0 Å². The van der Waals surface area contributed by atoms with Crippen LogP contribution >= 0.6 is 0 Å². The number of hydrogen-bond donors (Lipinski definition) is 0. The van der Waals surface area contributed by atoms with E-state index in [4.69, 9.17) is 14.2 Å². The van der Waals surface area contributed by atoms with E-state index in [-0.39, 0.29) is 32.0 Å². The lowest BCUT2D eigenvalue weighted by Crippen LogP contribution is -2.34. The van der Waals surface area contributed by atoms with E-state index in [0.29, 0.717) is 6.42 Å². The van der Waals surface area contributed by atoms with E-state index in [0.717, 1.165) is 0 Å². The molecule has 0 radical (unpaired) electrons. The molecule has 0 aromatic rings. The normalized spacial score (nSPS) is 12.4. The highest BCUT2D eigenvalue weighted by atomic mass is 16.6. The number of carbonyl (C=O) groups is 3. The molecule has 0 heterocycles. The Hall–Kier alpha value is -1.59. The van der Waals surface area contributed by atoms with Crippen molar-refractivity contribution in [3.05, 3.63) is 0 Å². The summed E-state index contributed by atoms with van der Waals surface area (Å²) in [6.45, 7) is 8.53. The van der Waals surface area contributed by atoms with Gasteiger partial charge in [-0.3, -0.25) is 14.4 Å². The molecule has 0 amide bonds. The molecule has 0 saturated heterocycles. The molecule has 21 heavy (non-hydrogen) atoms. The summed E-state index contributed by atoms with van der Waals surface area (Å²) in [7, 11) is 0. The van der Waals surface area contributed by atoms with Gasteiger partial charge in [0, 0.05) is 12.8 Å². The van der Waals surface area contributed by atoms with Crippen LogP contribution in [0.4, 0.5) is 0 Å². The van der Waals surface area contributed by atoms with E-state index < -0.39 is 23.5 Å². The molecular formula is C15H26O6. The first-order chi connectivity index (χ1) is 9.76. The second-order valence-electron chi connectivity index (χ2n) is 5.34. The van der Waals surface area contributed by atoms with Gasteiger partial charge in [0.25, 0.3) is 0 Å². The van der Waals surface area contributed by atoms with Gasteiger partial charge in [-0.25, -0.2) is 0 Å². The molecule has 122 valence electrons. The van der Waals surface area contributed by atoms with Crippen molar-refractivity contribution in [3.63, 3.8) is 0 Å². The SMILES string of the molecule is CCC(=O)OCC(COC(=O)C(C)(C)CC)OC(=O)CC. The third kappa shape index (κ3) is 7.68. The van der Waals surface area contributed by atoms with Crippen molar-refractivity contribution in [3.8, 4) is 0 Å². The lowest BCUT2D eigenvalue weighted by molar-refractivity contribution is -0.170. The molecule has 0 spiro atoms. The Morgan fingerprint density at radius 2 is 1.43 bits per heavy atom. The fourth-order valence-corrected chi connectivity index (χ4v) is 1.18. The van der Waals surface area contributed by atoms with Crippen molar-refractivity contribution in [2.45, 2.75) is 60.0 Å². The molecule has 0 aliphatic carbocycles. The van der Waals surface area contributed by atoms with Crippen molar-refractivity contribution in [1.82, 2.24) is 0 Å². The monoisotopic (exact) mass is 302 g/mol. The zero-order valence-electron chi connectivity index (χ0n) is 13.6. The highest BCUT2D eigenvalue weighted by molar-refractivity contribution is 5.75. The van der Waals surface area contributed by atoms with Gasteiger partial charge < -0.3 is 14.2 Å². The number of esters is 3. The minimum Gasteiger partial charge on any atom is -0.462 e. The zero-order chi connectivity index (χ0) is 16.5. The van der Waals surface area contributed by atoms with Gasteiger partial charge in [-0.15, -0.1) is 0 Å². The summed E-state index contributed by atoms with van der Waals surface area (Å²) in [5.41, 5.74) is -0.598. The number of ether oxygens (including phenoxy) is 3. The maximum absolute atomic E-state index is 11.9. The molecule has 0 aromatic heterocycles. The molecule has 6 nitrogen and oxygen atoms in total. The van der Waals surface area contributed by atoms with Gasteiger partial charge in [0.05, 0.1) is 5.41 Å². The van der Waals surface area contributed by atoms with Crippen molar-refractivity contribution in [2.75, 3.05) is 13.2 Å². The van der Waals surface area contributed by atoms with Crippen molar-refractivity contribution < 1.29 is 28.6 Å². The van der Waals surface area contributed by atoms with Crippen LogP contribution in [-0.4, -0.2) is 37.2 Å². The lowest BCUT2D eigenvalue weighted by atomic mass is 9.91. The molecule has 1 unspecified atom stereocenters. The first kappa shape index (κ1) is 19.4. The highest BCUT2D eigenvalue weighted by Gasteiger charge is 2.28. The second kappa shape index (κ2) is 9.37. The average molecular weight is 302 g/mol. The first-order valence-electron chi connectivity index (χ1n) is 7.29. The molecule has 1 atom stereocenters. The molecular weight excluding hydrogens is 276 g/mol. The predicted octanol–water partition coefficient (Wildman–Crippen LogP) is 2.24. The number of carbonyl (C=O) groups excluding carboxylic acids is 3. The summed E-state index contributed by atoms with van der Waals surface area (Å²) in [6.07, 6.45) is 0.296. The van der Waals surface area contributed by atoms with Crippen molar-refractivity contribution in [2.24, 2.45) is 5.41 Å². The van der Waals surface area contributed by atoms with Crippen LogP contribution in [0, 0.1) is 5.41 Å². The standard InChI is InChI=1S/C15H26O6/c1-6-12(16)19-9-11(21-13(17)7-2)10-20-14(18)15(4,5)8-3/h11H,6-10H2,1-5H3. The highest BCUT2D eigenvalue weighted by Crippen LogP contribution is 2.21. The average Bonchev–Trinajstić information content (AvgIpc) is 2.48. The Morgan fingerprint density at radius 1 is 0.905 bits per heavy atom. The summed E-state index contributed by atoms with van der Waals surface area (Å²) in [6, 6.07) is 0. The maximum atomic E-state index is 11.9. The van der Waals surface area contributed by atoms with Crippen LogP contribution in [0.15, 0.2) is 0 Å². The third-order valence-corrected chi connectivity index (χ3v) is 3.14. The molecule has 0 N–H and O–H groups in total. The molecule has 0 saturated carbocycles. The Bertz CT molecular complexity index is 361. The quantitative estimate of drug-likeness (QED) is 0.480. The van der Waals surface area contributed by atoms with Crippen LogP contribution in [0.25, 0.3) is 0 Å². The Labute approximate surface area is 126 Å². The Morgan fingerprint density at radius 3 is 1.90 bits per heavy atom. The summed E-state index contributed by atoms with van der Waals surface area (Å²) in [5.74, 6) is -1.20. The summed E-state index contributed by atoms with van der Waals surface area (Å²) in [4.78, 5) is 34.4. The summed E-state index contributed by atoms with van der Waals surface area (Å²) >= 11 is 0. The fraction of sp³-hybridized carbons (Fsp3) is 0.800. The van der Waals surface area contributed by atoms with Gasteiger partial charge in [-0.1, -0.05) is 20.8 Å². The van der Waals surface area contributed by atoms with Gasteiger partial charge in [-0.05, 0) is 20.3 Å². The summed E-state index contributed by atoms with van der Waals surface area (Å²) < 4.78 is 15.2. The second-order valence-corrected chi connectivity index (χ2v) is 5.34. The van der Waals surface area contributed by atoms with Gasteiger partial charge >= 0.3 is 17.9 Å². The molecule has 0 aromatic carbocycles. The molecule has 0 aliphatic heterocycles. The topological polar surface area (TPSA) is 78.9 Å². The van der Waals surface area contributed by atoms with Gasteiger partial charge in [0.15, 0.2) is 6.10 Å². The predicted molar refractivity (Wildman–Crippen MR) is 76.5 cm³/mol. The molecule has 0 bridgehead atoms. The first-order valence-corrected chi connectivity index (χ1v) is 7.29. The van der Waals surface area contributed by atoms with Gasteiger partial charge in [0.1, 0.15) is 13.2 Å². The van der Waals surface area contributed by atoms with E-state index >= 15 is 0 Å². The number of rotatable bonds is 9. The van der Waals surface area contributed by atoms with E-state index in [1.807, 2.05) is 6.92 Å². The third-order valence-electron chi connectivity index (χ3n) is 3.14. The van der Waals surface area contributed by atoms with E-state index in [9.17, 15) is 14.4 Å². The van der Waals surface area contributed by atoms with Crippen molar-refractivity contribution in [1.29, 1.82) is 0 Å². The van der Waals surface area contributed by atoms with Gasteiger partial charge in [0.2, 0.25) is 0 Å². The van der Waals surface area contributed by atoms with Crippen LogP contribution in [-0.2, 0) is 28.6 Å². The van der Waals surface area contributed by atoms with Crippen LogP contribution < -0.4 is 0 Å². The molecule has 0 rings (SSSR count). The molecule has 0 fully saturated rings. The largest absolute Gasteiger partial charge is 0.462 e. The number of hydrogen-bond acceptors (Lipinski definition) is 6. The Balaban J connectivity index is 4.49. The van der Waals surface area contributed by atoms with Crippen LogP contribution in [0.5, 0.6) is 0 Å². The van der Waals surface area contributed by atoms with E-state index in [1.54, 1.807) is 27.7 Å².